The van der Waals surface area contributed by atoms with E-state index in [4.69, 9.17) is 0 Å². The van der Waals surface area contributed by atoms with Gasteiger partial charge in [-0.25, -0.2) is 4.98 Å². The van der Waals surface area contributed by atoms with E-state index in [0.29, 0.717) is 38.0 Å². The van der Waals surface area contributed by atoms with E-state index in [9.17, 15) is 14.4 Å². The van der Waals surface area contributed by atoms with Crippen molar-refractivity contribution in [3.63, 3.8) is 0 Å². The molecule has 0 saturated carbocycles. The summed E-state index contributed by atoms with van der Waals surface area (Å²) in [6.07, 6.45) is 6.20. The molecule has 8 nitrogen and oxygen atoms in total. The number of aryl methyl sites for hydroxylation is 1. The first kappa shape index (κ1) is 21.4. The normalized spacial score (nSPS) is 15.3. The largest absolute Gasteiger partial charge is 0.351 e. The van der Waals surface area contributed by atoms with Crippen LogP contribution in [0.2, 0.25) is 0 Å². The van der Waals surface area contributed by atoms with Crippen LogP contribution in [-0.4, -0.2) is 57.8 Å². The van der Waals surface area contributed by atoms with Crippen LogP contribution in [0.15, 0.2) is 42.9 Å². The molecule has 8 heteroatoms. The van der Waals surface area contributed by atoms with Gasteiger partial charge in [-0.1, -0.05) is 29.8 Å². The van der Waals surface area contributed by atoms with Crippen LogP contribution in [0.4, 0.5) is 0 Å². The van der Waals surface area contributed by atoms with Crippen LogP contribution in [0, 0.1) is 6.92 Å². The third-order valence-electron chi connectivity index (χ3n) is 5.17. The first-order valence-corrected chi connectivity index (χ1v) is 10.1. The van der Waals surface area contributed by atoms with E-state index in [0.717, 1.165) is 11.1 Å². The van der Waals surface area contributed by atoms with Gasteiger partial charge in [0.2, 0.25) is 11.8 Å². The van der Waals surface area contributed by atoms with Crippen LogP contribution >= 0.6 is 0 Å². The summed E-state index contributed by atoms with van der Waals surface area (Å²) in [6, 6.07) is 7.23. The Morgan fingerprint density at radius 1 is 1.13 bits per heavy atom. The number of aromatic nitrogens is 2. The lowest BCUT2D eigenvalue weighted by atomic mass is 10.0. The van der Waals surface area contributed by atoms with Crippen molar-refractivity contribution in [1.29, 1.82) is 0 Å². The van der Waals surface area contributed by atoms with Crippen molar-refractivity contribution in [2.45, 2.75) is 45.2 Å². The minimum absolute atomic E-state index is 0.0438. The first-order chi connectivity index (χ1) is 14.4. The van der Waals surface area contributed by atoms with E-state index in [1.54, 1.807) is 4.90 Å². The number of piperidine rings is 1. The average molecular weight is 409 g/mol. The molecule has 1 fully saturated rings. The molecule has 1 aliphatic heterocycles. The second-order valence-corrected chi connectivity index (χ2v) is 7.61. The van der Waals surface area contributed by atoms with Gasteiger partial charge in [-0.15, -0.1) is 0 Å². The van der Waals surface area contributed by atoms with Crippen molar-refractivity contribution in [3.05, 3.63) is 59.7 Å². The van der Waals surface area contributed by atoms with Crippen molar-refractivity contribution in [2.75, 3.05) is 13.1 Å². The molecule has 158 valence electrons. The third-order valence-corrected chi connectivity index (χ3v) is 5.17. The molecule has 1 aromatic carbocycles. The maximum Gasteiger partial charge on any atom is 0.274 e. The van der Waals surface area contributed by atoms with Crippen LogP contribution in [0.5, 0.6) is 0 Å². The molecular weight excluding hydrogens is 382 g/mol. The molecule has 2 heterocycles. The van der Waals surface area contributed by atoms with Gasteiger partial charge < -0.3 is 15.5 Å². The van der Waals surface area contributed by atoms with Crippen molar-refractivity contribution in [3.8, 4) is 0 Å². The summed E-state index contributed by atoms with van der Waals surface area (Å²) in [5.41, 5.74) is 2.45. The van der Waals surface area contributed by atoms with Crippen LogP contribution in [-0.2, 0) is 16.0 Å². The van der Waals surface area contributed by atoms with Crippen molar-refractivity contribution < 1.29 is 14.4 Å². The Kier molecular flexibility index (Phi) is 7.11. The van der Waals surface area contributed by atoms with E-state index >= 15 is 0 Å². The fourth-order valence-corrected chi connectivity index (χ4v) is 3.51. The molecule has 2 aromatic rings. The van der Waals surface area contributed by atoms with Gasteiger partial charge in [0, 0.05) is 44.9 Å². The van der Waals surface area contributed by atoms with Gasteiger partial charge >= 0.3 is 0 Å². The zero-order valence-corrected chi connectivity index (χ0v) is 17.3. The summed E-state index contributed by atoms with van der Waals surface area (Å²) >= 11 is 0. The lowest BCUT2D eigenvalue weighted by molar-refractivity contribution is -0.128. The fraction of sp³-hybridized carbons (Fsp3) is 0.409. The predicted octanol–water partition coefficient (Wildman–Crippen LogP) is 1.25. The molecule has 1 aliphatic rings. The molecule has 0 bridgehead atoms. The summed E-state index contributed by atoms with van der Waals surface area (Å²) in [6.45, 7) is 4.47. The summed E-state index contributed by atoms with van der Waals surface area (Å²) in [4.78, 5) is 46.6. The van der Waals surface area contributed by atoms with E-state index in [2.05, 4.69) is 20.6 Å². The van der Waals surface area contributed by atoms with Gasteiger partial charge in [-0.05, 0) is 25.3 Å². The number of hydrogen-bond donors (Lipinski definition) is 2. The molecular formula is C22H27N5O3. The average Bonchev–Trinajstić information content (AvgIpc) is 2.75. The Balaban J connectivity index is 1.55. The van der Waals surface area contributed by atoms with Crippen LogP contribution in [0.3, 0.4) is 0 Å². The zero-order chi connectivity index (χ0) is 21.5. The highest BCUT2D eigenvalue weighted by Gasteiger charge is 2.28. The molecule has 3 amide bonds. The van der Waals surface area contributed by atoms with E-state index in [1.807, 2.05) is 31.2 Å². The highest BCUT2D eigenvalue weighted by atomic mass is 16.2. The molecule has 1 atom stereocenters. The van der Waals surface area contributed by atoms with Crippen molar-refractivity contribution in [2.24, 2.45) is 0 Å². The molecule has 0 radical (unpaired) electrons. The van der Waals surface area contributed by atoms with E-state index in [1.165, 1.54) is 25.5 Å². The van der Waals surface area contributed by atoms with Gasteiger partial charge in [0.25, 0.3) is 5.91 Å². The van der Waals surface area contributed by atoms with Gasteiger partial charge in [-0.2, -0.15) is 0 Å². The number of amides is 3. The molecule has 0 aliphatic carbocycles. The summed E-state index contributed by atoms with van der Waals surface area (Å²) in [7, 11) is 0. The summed E-state index contributed by atoms with van der Waals surface area (Å²) < 4.78 is 0. The molecule has 0 spiro atoms. The van der Waals surface area contributed by atoms with Crippen molar-refractivity contribution >= 4 is 17.7 Å². The topological polar surface area (TPSA) is 104 Å². The molecule has 1 aromatic heterocycles. The van der Waals surface area contributed by atoms with Gasteiger partial charge in [0.05, 0.1) is 6.20 Å². The van der Waals surface area contributed by atoms with Gasteiger partial charge in [0.1, 0.15) is 11.7 Å². The predicted molar refractivity (Wildman–Crippen MR) is 112 cm³/mol. The summed E-state index contributed by atoms with van der Waals surface area (Å²) in [5, 5.41) is 5.79. The van der Waals surface area contributed by atoms with Gasteiger partial charge in [0.15, 0.2) is 0 Å². The number of carbonyl (C=O) groups is 3. The molecule has 2 N–H and O–H groups in total. The summed E-state index contributed by atoms with van der Waals surface area (Å²) in [5.74, 6) is -0.598. The Bertz CT molecular complexity index is 877. The van der Waals surface area contributed by atoms with Crippen LogP contribution < -0.4 is 10.6 Å². The first-order valence-electron chi connectivity index (χ1n) is 10.1. The number of likely N-dealkylation sites (tertiary alicyclic amines) is 1. The minimum atomic E-state index is -0.635. The number of nitrogens with zero attached hydrogens (tertiary/aromatic N) is 3. The van der Waals surface area contributed by atoms with E-state index in [-0.39, 0.29) is 23.8 Å². The lowest BCUT2D eigenvalue weighted by Crippen LogP contribution is -2.53. The lowest BCUT2D eigenvalue weighted by Gasteiger charge is -2.33. The molecule has 3 rings (SSSR count). The van der Waals surface area contributed by atoms with Crippen molar-refractivity contribution in [1.82, 2.24) is 25.5 Å². The standard InChI is InChI=1S/C22H27N5O3/c1-15-3-5-17(6-4-15)13-19(25-16(2)28)21(29)26-18-7-11-27(12-8-18)22(30)20-14-23-9-10-24-20/h3-6,9-10,14,18-19H,7-8,11-13H2,1-2H3,(H,25,28)(H,26,29)/t19-/m0/s1. The Morgan fingerprint density at radius 3 is 2.43 bits per heavy atom. The van der Waals surface area contributed by atoms with E-state index < -0.39 is 6.04 Å². The smallest absolute Gasteiger partial charge is 0.274 e. The van der Waals surface area contributed by atoms with Gasteiger partial charge in [-0.3, -0.25) is 19.4 Å². The quantitative estimate of drug-likeness (QED) is 0.747. The second kappa shape index (κ2) is 9.96. The highest BCUT2D eigenvalue weighted by molar-refractivity contribution is 5.92. The monoisotopic (exact) mass is 409 g/mol. The molecule has 1 saturated heterocycles. The zero-order valence-electron chi connectivity index (χ0n) is 17.3. The molecule has 0 unspecified atom stereocenters. The van der Waals surface area contributed by atoms with Crippen LogP contribution in [0.1, 0.15) is 41.4 Å². The number of hydrogen-bond acceptors (Lipinski definition) is 5. The maximum absolute atomic E-state index is 12.8. The SMILES string of the molecule is CC(=O)N[C@@H](Cc1ccc(C)cc1)C(=O)NC1CCN(C(=O)c2cnccn2)CC1. The number of nitrogens with one attached hydrogen (secondary N) is 2. The molecule has 30 heavy (non-hydrogen) atoms. The van der Waals surface area contributed by atoms with Crippen LogP contribution in [0.25, 0.3) is 0 Å². The highest BCUT2D eigenvalue weighted by Crippen LogP contribution is 2.14. The Hall–Kier alpha value is -3.29. The number of benzene rings is 1. The Labute approximate surface area is 176 Å². The second-order valence-electron chi connectivity index (χ2n) is 7.61. The minimum Gasteiger partial charge on any atom is -0.351 e. The third kappa shape index (κ3) is 5.85. The number of carbonyl (C=O) groups excluding carboxylic acids is 3. The maximum atomic E-state index is 12.8. The Morgan fingerprint density at radius 2 is 1.83 bits per heavy atom. The number of rotatable bonds is 6. The fourth-order valence-electron chi connectivity index (χ4n) is 3.51.